The zero-order chi connectivity index (χ0) is 8.39. The van der Waals surface area contributed by atoms with Crippen LogP contribution in [0.4, 0.5) is 0 Å². The number of hydrogen-bond donors (Lipinski definition) is 0. The highest BCUT2D eigenvalue weighted by Gasteiger charge is 2.16. The first-order chi connectivity index (χ1) is 5.88. The van der Waals surface area contributed by atoms with Crippen LogP contribution in [0.5, 0.6) is 0 Å². The first-order valence-electron chi connectivity index (χ1n) is 3.76. The number of benzene rings is 1. The van der Waals surface area contributed by atoms with Crippen LogP contribution in [0.15, 0.2) is 29.3 Å². The molecule has 1 aliphatic heterocycles. The predicted octanol–water partition coefficient (Wildman–Crippen LogP) is 2.39. The lowest BCUT2D eigenvalue weighted by Gasteiger charge is -2.10. The lowest BCUT2D eigenvalue weighted by Crippen LogP contribution is -2.02. The van der Waals surface area contributed by atoms with Gasteiger partial charge in [-0.05, 0) is 28.7 Å². The maximum Gasteiger partial charge on any atom is 0.170 e. The standard InChI is InChI=1S/C9H8INO/c10-8-4-2-1-3-7(8)9-5-11-6-12-9/h1-4,6,9H,5H2. The maximum absolute atomic E-state index is 5.32. The largest absolute Gasteiger partial charge is 0.474 e. The van der Waals surface area contributed by atoms with E-state index in [0.717, 1.165) is 6.54 Å². The van der Waals surface area contributed by atoms with Crippen LogP contribution in [0, 0.1) is 3.57 Å². The molecule has 0 aromatic heterocycles. The van der Waals surface area contributed by atoms with Gasteiger partial charge in [0.1, 0.15) is 6.10 Å². The third kappa shape index (κ3) is 1.46. The van der Waals surface area contributed by atoms with Crippen molar-refractivity contribution in [2.75, 3.05) is 6.54 Å². The summed E-state index contributed by atoms with van der Waals surface area (Å²) in [6.45, 7) is 0.750. The van der Waals surface area contributed by atoms with E-state index in [1.165, 1.54) is 15.5 Å². The second kappa shape index (κ2) is 3.43. The van der Waals surface area contributed by atoms with Gasteiger partial charge < -0.3 is 4.74 Å². The van der Waals surface area contributed by atoms with Crippen LogP contribution in [0.25, 0.3) is 0 Å². The summed E-state index contributed by atoms with van der Waals surface area (Å²) >= 11 is 2.31. The van der Waals surface area contributed by atoms with Crippen molar-refractivity contribution in [3.8, 4) is 0 Å². The average Bonchev–Trinajstić information content (AvgIpc) is 2.57. The van der Waals surface area contributed by atoms with E-state index in [4.69, 9.17) is 4.74 Å². The predicted molar refractivity (Wildman–Crippen MR) is 56.3 cm³/mol. The molecule has 3 heteroatoms. The molecule has 0 saturated heterocycles. The molecular weight excluding hydrogens is 265 g/mol. The van der Waals surface area contributed by atoms with E-state index in [1.807, 2.05) is 12.1 Å². The minimum absolute atomic E-state index is 0.137. The summed E-state index contributed by atoms with van der Waals surface area (Å²) in [5, 5.41) is 0. The maximum atomic E-state index is 5.32. The Morgan fingerprint density at radius 2 is 2.25 bits per heavy atom. The lowest BCUT2D eigenvalue weighted by molar-refractivity contribution is 0.239. The molecule has 1 aromatic carbocycles. The molecule has 0 spiro atoms. The molecule has 0 bridgehead atoms. The molecule has 62 valence electrons. The van der Waals surface area contributed by atoms with E-state index >= 15 is 0 Å². The topological polar surface area (TPSA) is 21.6 Å². The summed E-state index contributed by atoms with van der Waals surface area (Å²) in [4.78, 5) is 4.03. The summed E-state index contributed by atoms with van der Waals surface area (Å²) in [5.74, 6) is 0. The Labute approximate surface area is 84.8 Å². The summed E-state index contributed by atoms with van der Waals surface area (Å²) in [7, 11) is 0. The summed E-state index contributed by atoms with van der Waals surface area (Å²) in [6, 6.07) is 8.22. The van der Waals surface area contributed by atoms with Gasteiger partial charge in [0, 0.05) is 9.13 Å². The van der Waals surface area contributed by atoms with Crippen LogP contribution in [-0.2, 0) is 4.74 Å². The number of hydrogen-bond acceptors (Lipinski definition) is 2. The normalized spacial score (nSPS) is 20.9. The van der Waals surface area contributed by atoms with E-state index in [9.17, 15) is 0 Å². The van der Waals surface area contributed by atoms with Gasteiger partial charge in [-0.1, -0.05) is 18.2 Å². The third-order valence-electron chi connectivity index (χ3n) is 1.82. The summed E-state index contributed by atoms with van der Waals surface area (Å²) in [5.41, 5.74) is 1.23. The van der Waals surface area contributed by atoms with E-state index in [-0.39, 0.29) is 6.10 Å². The number of nitrogens with zero attached hydrogens (tertiary/aromatic N) is 1. The fourth-order valence-corrected chi connectivity index (χ4v) is 1.94. The quantitative estimate of drug-likeness (QED) is 0.720. The monoisotopic (exact) mass is 273 g/mol. The Hall–Kier alpha value is -0.580. The Morgan fingerprint density at radius 1 is 1.42 bits per heavy atom. The van der Waals surface area contributed by atoms with Crippen molar-refractivity contribution in [3.63, 3.8) is 0 Å². The number of halogens is 1. The molecule has 0 N–H and O–H groups in total. The lowest BCUT2D eigenvalue weighted by atomic mass is 10.1. The van der Waals surface area contributed by atoms with Crippen molar-refractivity contribution in [3.05, 3.63) is 33.4 Å². The molecule has 0 amide bonds. The van der Waals surface area contributed by atoms with Gasteiger partial charge in [-0.25, -0.2) is 0 Å². The Morgan fingerprint density at radius 3 is 2.92 bits per heavy atom. The molecule has 0 radical (unpaired) electrons. The molecule has 0 aliphatic carbocycles. The SMILES string of the molecule is Ic1ccccc1C1CN=CO1. The van der Waals surface area contributed by atoms with Crippen LogP contribution in [0.3, 0.4) is 0 Å². The first kappa shape index (κ1) is 8.04. The van der Waals surface area contributed by atoms with Crippen LogP contribution >= 0.6 is 22.6 Å². The zero-order valence-corrected chi connectivity index (χ0v) is 8.56. The summed E-state index contributed by atoms with van der Waals surface area (Å²) in [6.07, 6.45) is 1.67. The van der Waals surface area contributed by atoms with Crippen molar-refractivity contribution in [1.29, 1.82) is 0 Å². The van der Waals surface area contributed by atoms with Crippen LogP contribution in [0.2, 0.25) is 0 Å². The minimum atomic E-state index is 0.137. The van der Waals surface area contributed by atoms with Crippen LogP contribution in [-0.4, -0.2) is 12.9 Å². The molecule has 1 aliphatic rings. The molecule has 0 fully saturated rings. The van der Waals surface area contributed by atoms with Gasteiger partial charge in [-0.2, -0.15) is 0 Å². The summed E-state index contributed by atoms with van der Waals surface area (Å²) < 4.78 is 6.56. The number of rotatable bonds is 1. The molecule has 1 unspecified atom stereocenters. The molecular formula is C9H8INO. The van der Waals surface area contributed by atoms with E-state index in [2.05, 4.69) is 39.7 Å². The first-order valence-corrected chi connectivity index (χ1v) is 4.84. The minimum Gasteiger partial charge on any atom is -0.474 e. The van der Waals surface area contributed by atoms with E-state index in [0.29, 0.717) is 0 Å². The number of aliphatic imine (C=N–C) groups is 1. The fourth-order valence-electron chi connectivity index (χ4n) is 1.21. The highest BCUT2D eigenvalue weighted by molar-refractivity contribution is 14.1. The van der Waals surface area contributed by atoms with Crippen LogP contribution < -0.4 is 0 Å². The smallest absolute Gasteiger partial charge is 0.170 e. The van der Waals surface area contributed by atoms with Crippen molar-refractivity contribution in [2.45, 2.75) is 6.10 Å². The highest BCUT2D eigenvalue weighted by Crippen LogP contribution is 2.24. The van der Waals surface area contributed by atoms with Crippen molar-refractivity contribution in [2.24, 2.45) is 4.99 Å². The molecule has 0 saturated carbocycles. The van der Waals surface area contributed by atoms with Gasteiger partial charge in [-0.15, -0.1) is 0 Å². The molecule has 12 heavy (non-hydrogen) atoms. The van der Waals surface area contributed by atoms with Crippen molar-refractivity contribution >= 4 is 29.0 Å². The van der Waals surface area contributed by atoms with Crippen molar-refractivity contribution in [1.82, 2.24) is 0 Å². The number of ether oxygens (including phenoxy) is 1. The van der Waals surface area contributed by atoms with Gasteiger partial charge in [0.05, 0.1) is 6.54 Å². The Balaban J connectivity index is 2.27. The molecule has 1 aromatic rings. The second-order valence-corrected chi connectivity index (χ2v) is 3.78. The zero-order valence-electron chi connectivity index (χ0n) is 6.40. The van der Waals surface area contributed by atoms with Gasteiger partial charge in [0.15, 0.2) is 6.40 Å². The van der Waals surface area contributed by atoms with E-state index in [1.54, 1.807) is 0 Å². The van der Waals surface area contributed by atoms with Gasteiger partial charge in [0.2, 0.25) is 0 Å². The molecule has 2 rings (SSSR count). The van der Waals surface area contributed by atoms with E-state index < -0.39 is 0 Å². The van der Waals surface area contributed by atoms with Gasteiger partial charge in [-0.3, -0.25) is 4.99 Å². The molecule has 2 nitrogen and oxygen atoms in total. The molecule has 1 heterocycles. The van der Waals surface area contributed by atoms with Gasteiger partial charge in [0.25, 0.3) is 0 Å². The third-order valence-corrected chi connectivity index (χ3v) is 2.81. The highest BCUT2D eigenvalue weighted by atomic mass is 127. The van der Waals surface area contributed by atoms with Crippen molar-refractivity contribution < 1.29 is 4.74 Å². The fraction of sp³-hybridized carbons (Fsp3) is 0.222. The average molecular weight is 273 g/mol. The van der Waals surface area contributed by atoms with Crippen LogP contribution in [0.1, 0.15) is 11.7 Å². The van der Waals surface area contributed by atoms with Gasteiger partial charge >= 0.3 is 0 Å². The second-order valence-electron chi connectivity index (χ2n) is 2.62. The Bertz CT molecular complexity index is 303. The molecule has 1 atom stereocenters. The Kier molecular flexibility index (Phi) is 2.30.